The number of H-pyrrole nitrogens is 1. The van der Waals surface area contributed by atoms with Gasteiger partial charge in [-0.25, -0.2) is 4.98 Å². The number of fused-ring (bicyclic) bond motifs is 1. The van der Waals surface area contributed by atoms with Gasteiger partial charge in [-0.3, -0.25) is 0 Å². The van der Waals surface area contributed by atoms with Gasteiger partial charge in [-0.15, -0.1) is 0 Å². The van der Waals surface area contributed by atoms with Gasteiger partial charge in [0.25, 0.3) is 0 Å². The molecule has 0 atom stereocenters. The molecule has 1 aromatic heterocycles. The number of imidazole rings is 1. The Kier molecular flexibility index (Phi) is 6.02. The number of rotatable bonds is 6. The minimum atomic E-state index is 0.141. The molecule has 4 rings (SSSR count). The van der Waals surface area contributed by atoms with E-state index >= 15 is 0 Å². The maximum absolute atomic E-state index is 4.79. The highest BCUT2D eigenvalue weighted by Gasteiger charge is 2.15. The highest BCUT2D eigenvalue weighted by Crippen LogP contribution is 2.27. The molecule has 0 aliphatic carbocycles. The highest BCUT2D eigenvalue weighted by molar-refractivity contribution is 5.80. The number of likely N-dealkylation sites (tertiary alicyclic amines) is 1. The molecule has 0 spiro atoms. The van der Waals surface area contributed by atoms with E-state index in [9.17, 15) is 0 Å². The van der Waals surface area contributed by atoms with Crippen molar-refractivity contribution < 1.29 is 0 Å². The predicted molar refractivity (Wildman–Crippen MR) is 122 cm³/mol. The fourth-order valence-corrected chi connectivity index (χ4v) is 4.05. The van der Waals surface area contributed by atoms with E-state index in [1.54, 1.807) is 0 Å². The van der Waals surface area contributed by atoms with Gasteiger partial charge in [0, 0.05) is 25.2 Å². The summed E-state index contributed by atoms with van der Waals surface area (Å²) in [5.41, 5.74) is 6.05. The zero-order chi connectivity index (χ0) is 20.3. The molecule has 2 N–H and O–H groups in total. The van der Waals surface area contributed by atoms with Gasteiger partial charge in [-0.2, -0.15) is 0 Å². The molecule has 0 amide bonds. The van der Waals surface area contributed by atoms with Crippen molar-refractivity contribution in [2.24, 2.45) is 0 Å². The Bertz CT molecular complexity index is 928. The fourth-order valence-electron chi connectivity index (χ4n) is 4.05. The van der Waals surface area contributed by atoms with Crippen molar-refractivity contribution in [3.63, 3.8) is 0 Å². The largest absolute Gasteiger partial charge is 0.338 e. The first-order valence-corrected chi connectivity index (χ1v) is 11.0. The highest BCUT2D eigenvalue weighted by atomic mass is 15.1. The Hall–Kier alpha value is -2.17. The Balaban J connectivity index is 1.36. The number of hydrogen-bond acceptors (Lipinski definition) is 3. The average molecular weight is 391 g/mol. The summed E-state index contributed by atoms with van der Waals surface area (Å²) in [6, 6.07) is 15.3. The third-order valence-electron chi connectivity index (χ3n) is 5.96. The Morgan fingerprint density at radius 1 is 1.00 bits per heavy atom. The van der Waals surface area contributed by atoms with Gasteiger partial charge in [0.15, 0.2) is 0 Å². The molecule has 1 fully saturated rings. The number of piperidine rings is 1. The number of nitrogens with one attached hydrogen (secondary N) is 2. The minimum Gasteiger partial charge on any atom is -0.338 e. The van der Waals surface area contributed by atoms with Gasteiger partial charge in [0.1, 0.15) is 5.82 Å². The molecule has 2 aromatic carbocycles. The minimum absolute atomic E-state index is 0.141. The topological polar surface area (TPSA) is 44.0 Å². The van der Waals surface area contributed by atoms with Crippen molar-refractivity contribution >= 4 is 11.0 Å². The van der Waals surface area contributed by atoms with Gasteiger partial charge in [0.05, 0.1) is 11.0 Å². The van der Waals surface area contributed by atoms with Crippen LogP contribution in [0.3, 0.4) is 0 Å². The summed E-state index contributed by atoms with van der Waals surface area (Å²) >= 11 is 0. The van der Waals surface area contributed by atoms with E-state index in [2.05, 4.69) is 78.4 Å². The molecule has 2 heterocycles. The summed E-state index contributed by atoms with van der Waals surface area (Å²) in [6.45, 7) is 12.4. The number of benzene rings is 2. The smallest absolute Gasteiger partial charge is 0.138 e. The average Bonchev–Trinajstić information content (AvgIpc) is 3.15. The van der Waals surface area contributed by atoms with Gasteiger partial charge >= 0.3 is 0 Å². The Morgan fingerprint density at radius 3 is 2.48 bits per heavy atom. The van der Waals surface area contributed by atoms with Crippen molar-refractivity contribution in [2.75, 3.05) is 26.2 Å². The molecule has 3 aromatic rings. The van der Waals surface area contributed by atoms with Crippen molar-refractivity contribution in [1.82, 2.24) is 20.2 Å². The molecule has 0 radical (unpaired) electrons. The Labute approximate surface area is 174 Å². The molecule has 0 saturated carbocycles. The van der Waals surface area contributed by atoms with Crippen LogP contribution in [-0.2, 0) is 12.0 Å². The van der Waals surface area contributed by atoms with Crippen LogP contribution in [-0.4, -0.2) is 41.0 Å². The maximum Gasteiger partial charge on any atom is 0.138 e. The van der Waals surface area contributed by atoms with Crippen LogP contribution in [0.1, 0.15) is 51.2 Å². The monoisotopic (exact) mass is 390 g/mol. The molecule has 1 aliphatic heterocycles. The van der Waals surface area contributed by atoms with Gasteiger partial charge < -0.3 is 15.2 Å². The van der Waals surface area contributed by atoms with Crippen LogP contribution in [0.2, 0.25) is 0 Å². The van der Waals surface area contributed by atoms with E-state index in [-0.39, 0.29) is 5.41 Å². The lowest BCUT2D eigenvalue weighted by Gasteiger charge is -2.26. The third-order valence-corrected chi connectivity index (χ3v) is 5.96. The summed E-state index contributed by atoms with van der Waals surface area (Å²) in [7, 11) is 0. The van der Waals surface area contributed by atoms with Crippen LogP contribution in [0.4, 0.5) is 0 Å². The van der Waals surface area contributed by atoms with Gasteiger partial charge in [0.2, 0.25) is 0 Å². The van der Waals surface area contributed by atoms with Crippen molar-refractivity contribution in [1.29, 1.82) is 0 Å². The Morgan fingerprint density at radius 2 is 1.76 bits per heavy atom. The fraction of sp³-hybridized carbons (Fsp3) is 0.480. The normalized spacial score (nSPS) is 15.8. The molecule has 4 heteroatoms. The molecule has 29 heavy (non-hydrogen) atoms. The first-order chi connectivity index (χ1) is 14.0. The molecule has 0 bridgehead atoms. The zero-order valence-electron chi connectivity index (χ0n) is 18.1. The van der Waals surface area contributed by atoms with E-state index in [0.29, 0.717) is 0 Å². The summed E-state index contributed by atoms with van der Waals surface area (Å²) in [4.78, 5) is 10.9. The summed E-state index contributed by atoms with van der Waals surface area (Å²) in [5.74, 6) is 0.940. The number of nitrogens with zero attached hydrogens (tertiary/aromatic N) is 2. The molecule has 0 unspecified atom stereocenters. The maximum atomic E-state index is 4.79. The summed E-state index contributed by atoms with van der Waals surface area (Å²) < 4.78 is 0. The number of hydrogen-bond donors (Lipinski definition) is 2. The lowest BCUT2D eigenvalue weighted by molar-refractivity contribution is 0.229. The van der Waals surface area contributed by atoms with E-state index in [1.165, 1.54) is 43.5 Å². The second-order valence-corrected chi connectivity index (χ2v) is 9.34. The lowest BCUT2D eigenvalue weighted by atomic mass is 9.87. The number of aromatic nitrogens is 2. The van der Waals surface area contributed by atoms with E-state index in [0.717, 1.165) is 42.1 Å². The van der Waals surface area contributed by atoms with Crippen LogP contribution in [0, 0.1) is 0 Å². The van der Waals surface area contributed by atoms with Gasteiger partial charge in [-0.05, 0) is 54.6 Å². The molecule has 1 aliphatic rings. The molecular formula is C25H34N4. The standard InChI is InChI=1S/C25H34N4/c1-25(2,3)21-11-12-22-23(17-21)28-24(27-22)20-9-7-19(8-10-20)18-26-13-16-29-14-5-4-6-15-29/h7-12,17,26H,4-6,13-16,18H2,1-3H3,(H,27,28). The number of aromatic amines is 1. The van der Waals surface area contributed by atoms with E-state index in [1.807, 2.05) is 0 Å². The van der Waals surface area contributed by atoms with Crippen LogP contribution >= 0.6 is 0 Å². The molecule has 154 valence electrons. The predicted octanol–water partition coefficient (Wildman–Crippen LogP) is 5.10. The first-order valence-electron chi connectivity index (χ1n) is 11.0. The molecule has 4 nitrogen and oxygen atoms in total. The van der Waals surface area contributed by atoms with Gasteiger partial charge in [-0.1, -0.05) is 57.5 Å². The van der Waals surface area contributed by atoms with Crippen molar-refractivity contribution in [3.8, 4) is 11.4 Å². The summed E-state index contributed by atoms with van der Waals surface area (Å²) in [6.07, 6.45) is 4.13. The molecular weight excluding hydrogens is 356 g/mol. The first kappa shape index (κ1) is 20.1. The van der Waals surface area contributed by atoms with Crippen LogP contribution in [0.5, 0.6) is 0 Å². The SMILES string of the molecule is CC(C)(C)c1ccc2nc(-c3ccc(CNCCN4CCCCC4)cc3)[nH]c2c1. The lowest BCUT2D eigenvalue weighted by Crippen LogP contribution is -2.35. The van der Waals surface area contributed by atoms with E-state index in [4.69, 9.17) is 4.98 Å². The summed E-state index contributed by atoms with van der Waals surface area (Å²) in [5, 5.41) is 3.58. The van der Waals surface area contributed by atoms with E-state index < -0.39 is 0 Å². The second-order valence-electron chi connectivity index (χ2n) is 9.34. The van der Waals surface area contributed by atoms with Crippen molar-refractivity contribution in [3.05, 3.63) is 53.6 Å². The van der Waals surface area contributed by atoms with Crippen LogP contribution in [0.25, 0.3) is 22.4 Å². The van der Waals surface area contributed by atoms with Crippen LogP contribution in [0.15, 0.2) is 42.5 Å². The van der Waals surface area contributed by atoms with Crippen LogP contribution < -0.4 is 5.32 Å². The quantitative estimate of drug-likeness (QED) is 0.575. The third kappa shape index (κ3) is 5.06. The zero-order valence-corrected chi connectivity index (χ0v) is 18.1. The second kappa shape index (κ2) is 8.68. The molecule has 1 saturated heterocycles. The van der Waals surface area contributed by atoms with Crippen molar-refractivity contribution in [2.45, 2.75) is 52.0 Å².